The number of fused-ring (bicyclic) bond motifs is 7. The molecule has 3 aliphatic heterocycles. The van der Waals surface area contributed by atoms with Gasteiger partial charge in [0.15, 0.2) is 0 Å². The van der Waals surface area contributed by atoms with E-state index in [4.69, 9.17) is 12.2 Å². The maximum atomic E-state index is 6.27. The molecule has 0 aromatic heterocycles. The topological polar surface area (TPSA) is 6.48 Å². The van der Waals surface area contributed by atoms with Gasteiger partial charge in [-0.15, -0.1) is 0 Å². The van der Waals surface area contributed by atoms with Gasteiger partial charge in [0.1, 0.15) is 6.17 Å². The van der Waals surface area contributed by atoms with Gasteiger partial charge in [0.2, 0.25) is 0 Å². The minimum absolute atomic E-state index is 0.212. The van der Waals surface area contributed by atoms with Gasteiger partial charge in [0, 0.05) is 13.1 Å². The SMILES string of the molecule is Cc1ccc([C@@H]2C(=S)N3CCc4ccccc4[C@H]3N3CCc4ccccc4[C@@H]23)cc1. The molecule has 0 aliphatic carbocycles. The minimum atomic E-state index is 0.212. The summed E-state index contributed by atoms with van der Waals surface area (Å²) in [4.78, 5) is 6.36. The van der Waals surface area contributed by atoms with Crippen LogP contribution in [-0.4, -0.2) is 27.9 Å². The van der Waals surface area contributed by atoms with Gasteiger partial charge >= 0.3 is 0 Å². The van der Waals surface area contributed by atoms with Crippen molar-refractivity contribution in [1.82, 2.24) is 9.80 Å². The molecule has 1 fully saturated rings. The van der Waals surface area contributed by atoms with Crippen LogP contribution in [-0.2, 0) is 12.8 Å². The minimum Gasteiger partial charge on any atom is -0.345 e. The van der Waals surface area contributed by atoms with Crippen LogP contribution in [0.15, 0.2) is 72.8 Å². The Kier molecular flexibility index (Phi) is 4.29. The first-order chi connectivity index (χ1) is 14.7. The first kappa shape index (κ1) is 18.3. The summed E-state index contributed by atoms with van der Waals surface area (Å²) in [5, 5.41) is 0. The lowest BCUT2D eigenvalue weighted by Gasteiger charge is -2.57. The fourth-order valence-corrected chi connectivity index (χ4v) is 6.26. The lowest BCUT2D eigenvalue weighted by atomic mass is 9.76. The summed E-state index contributed by atoms with van der Waals surface area (Å²) in [5.74, 6) is 0.212. The van der Waals surface area contributed by atoms with E-state index in [1.165, 1.54) is 33.4 Å². The molecule has 0 spiro atoms. The van der Waals surface area contributed by atoms with Gasteiger partial charge in [-0.05, 0) is 47.6 Å². The number of rotatable bonds is 1. The maximum Gasteiger partial charge on any atom is 0.109 e. The van der Waals surface area contributed by atoms with E-state index in [2.05, 4.69) is 89.5 Å². The van der Waals surface area contributed by atoms with E-state index in [0.29, 0.717) is 0 Å². The lowest BCUT2D eigenvalue weighted by Crippen LogP contribution is -2.58. The van der Waals surface area contributed by atoms with E-state index in [-0.39, 0.29) is 18.1 Å². The molecular formula is C27H26N2S. The smallest absolute Gasteiger partial charge is 0.109 e. The molecule has 0 saturated carbocycles. The molecule has 3 aromatic rings. The Morgan fingerprint density at radius 2 is 1.40 bits per heavy atom. The van der Waals surface area contributed by atoms with Gasteiger partial charge in [0.25, 0.3) is 0 Å². The van der Waals surface area contributed by atoms with Crippen LogP contribution in [0.2, 0.25) is 0 Å². The van der Waals surface area contributed by atoms with Crippen LogP contribution in [0.5, 0.6) is 0 Å². The highest BCUT2D eigenvalue weighted by Crippen LogP contribution is 2.52. The Morgan fingerprint density at radius 3 is 2.17 bits per heavy atom. The first-order valence-corrected chi connectivity index (χ1v) is 11.4. The largest absolute Gasteiger partial charge is 0.345 e. The Morgan fingerprint density at radius 1 is 0.767 bits per heavy atom. The van der Waals surface area contributed by atoms with Crippen molar-refractivity contribution in [3.05, 3.63) is 106 Å². The molecule has 0 unspecified atom stereocenters. The molecule has 2 nitrogen and oxygen atoms in total. The van der Waals surface area contributed by atoms with Crippen LogP contribution in [0.4, 0.5) is 0 Å². The molecule has 3 heteroatoms. The number of benzene rings is 3. The van der Waals surface area contributed by atoms with Gasteiger partial charge in [-0.3, -0.25) is 4.90 Å². The Labute approximate surface area is 184 Å². The molecule has 3 aromatic carbocycles. The lowest BCUT2D eigenvalue weighted by molar-refractivity contribution is 0.00638. The highest BCUT2D eigenvalue weighted by molar-refractivity contribution is 7.80. The van der Waals surface area contributed by atoms with Crippen molar-refractivity contribution in [1.29, 1.82) is 0 Å². The fourth-order valence-electron chi connectivity index (χ4n) is 5.81. The molecule has 0 N–H and O–H groups in total. The van der Waals surface area contributed by atoms with Crippen molar-refractivity contribution in [2.75, 3.05) is 13.1 Å². The highest BCUT2D eigenvalue weighted by Gasteiger charge is 2.49. The van der Waals surface area contributed by atoms with Gasteiger partial charge < -0.3 is 4.90 Å². The summed E-state index contributed by atoms with van der Waals surface area (Å²) in [6, 6.07) is 27.3. The molecule has 30 heavy (non-hydrogen) atoms. The monoisotopic (exact) mass is 410 g/mol. The second-order valence-electron chi connectivity index (χ2n) is 8.87. The molecule has 3 heterocycles. The molecule has 0 amide bonds. The number of nitrogens with zero attached hydrogens (tertiary/aromatic N) is 2. The number of hydrogen-bond donors (Lipinski definition) is 0. The second kappa shape index (κ2) is 7.04. The molecule has 1 saturated heterocycles. The van der Waals surface area contributed by atoms with Crippen molar-refractivity contribution in [3.8, 4) is 0 Å². The van der Waals surface area contributed by atoms with Crippen molar-refractivity contribution in [3.63, 3.8) is 0 Å². The molecular weight excluding hydrogens is 384 g/mol. The van der Waals surface area contributed by atoms with E-state index < -0.39 is 0 Å². The fraction of sp³-hybridized carbons (Fsp3) is 0.296. The highest BCUT2D eigenvalue weighted by atomic mass is 32.1. The van der Waals surface area contributed by atoms with E-state index in [1.807, 2.05) is 0 Å². The second-order valence-corrected chi connectivity index (χ2v) is 9.29. The van der Waals surface area contributed by atoms with Crippen LogP contribution in [0.3, 0.4) is 0 Å². The molecule has 150 valence electrons. The third-order valence-corrected chi connectivity index (χ3v) is 7.72. The number of hydrogen-bond acceptors (Lipinski definition) is 2. The summed E-state index contributed by atoms with van der Waals surface area (Å²) in [6.07, 6.45) is 2.43. The quantitative estimate of drug-likeness (QED) is 0.484. The standard InChI is InChI=1S/C27H26N2S/c1-18-10-12-21(13-11-18)24-25-22-8-4-2-6-19(22)14-16-28(25)26-23-9-5-3-7-20(23)15-17-29(26)27(24)30/h2-13,24-26H,14-17H2,1H3/t24-,25-,26-/m0/s1. The van der Waals surface area contributed by atoms with Crippen LogP contribution in [0.25, 0.3) is 0 Å². The van der Waals surface area contributed by atoms with Crippen molar-refractivity contribution < 1.29 is 0 Å². The van der Waals surface area contributed by atoms with Crippen LogP contribution in [0, 0.1) is 6.92 Å². The van der Waals surface area contributed by atoms with E-state index >= 15 is 0 Å². The van der Waals surface area contributed by atoms with Crippen LogP contribution >= 0.6 is 12.2 Å². The van der Waals surface area contributed by atoms with Crippen molar-refractivity contribution >= 4 is 17.2 Å². The maximum absolute atomic E-state index is 6.27. The zero-order chi connectivity index (χ0) is 20.2. The van der Waals surface area contributed by atoms with E-state index in [0.717, 1.165) is 30.9 Å². The number of thiocarbonyl (C=S) groups is 1. The van der Waals surface area contributed by atoms with Gasteiger partial charge in [0.05, 0.1) is 16.9 Å². The molecule has 3 atom stereocenters. The van der Waals surface area contributed by atoms with Crippen molar-refractivity contribution in [2.24, 2.45) is 0 Å². The Bertz CT molecular complexity index is 1120. The number of aryl methyl sites for hydroxylation is 1. The van der Waals surface area contributed by atoms with E-state index in [9.17, 15) is 0 Å². The molecule has 0 bridgehead atoms. The molecule has 3 aliphatic rings. The third kappa shape index (κ3) is 2.69. The Balaban J connectivity index is 1.55. The van der Waals surface area contributed by atoms with Gasteiger partial charge in [-0.25, -0.2) is 0 Å². The van der Waals surface area contributed by atoms with Crippen LogP contribution in [0.1, 0.15) is 51.5 Å². The summed E-state index contributed by atoms with van der Waals surface area (Å²) in [6.45, 7) is 4.23. The zero-order valence-electron chi connectivity index (χ0n) is 17.3. The summed E-state index contributed by atoms with van der Waals surface area (Å²) in [5.41, 5.74) is 8.50. The van der Waals surface area contributed by atoms with Gasteiger partial charge in [-0.1, -0.05) is 90.6 Å². The summed E-state index contributed by atoms with van der Waals surface area (Å²) < 4.78 is 0. The average molecular weight is 411 g/mol. The average Bonchev–Trinajstić information content (AvgIpc) is 2.79. The summed E-state index contributed by atoms with van der Waals surface area (Å²) in [7, 11) is 0. The molecule has 6 rings (SSSR count). The van der Waals surface area contributed by atoms with E-state index in [1.54, 1.807) is 0 Å². The predicted octanol–water partition coefficient (Wildman–Crippen LogP) is 5.58. The first-order valence-electron chi connectivity index (χ1n) is 11.0. The van der Waals surface area contributed by atoms with Gasteiger partial charge in [-0.2, -0.15) is 0 Å². The van der Waals surface area contributed by atoms with Crippen molar-refractivity contribution in [2.45, 2.75) is 37.9 Å². The molecule has 0 radical (unpaired) electrons. The summed E-state index contributed by atoms with van der Waals surface area (Å²) >= 11 is 6.27. The Hall–Kier alpha value is -2.49. The van der Waals surface area contributed by atoms with Crippen LogP contribution < -0.4 is 0 Å². The predicted molar refractivity (Wildman–Crippen MR) is 126 cm³/mol. The normalized spacial score (nSPS) is 25.2. The zero-order valence-corrected chi connectivity index (χ0v) is 18.1. The third-order valence-electron chi connectivity index (χ3n) is 7.24.